The van der Waals surface area contributed by atoms with Crippen molar-refractivity contribution in [1.29, 1.82) is 0 Å². The van der Waals surface area contributed by atoms with Crippen LogP contribution in [0.5, 0.6) is 0 Å². The molecule has 6 heterocycles. The number of carbonyl (C=O) groups is 15. The number of thioether (sulfide) groups is 3. The van der Waals surface area contributed by atoms with E-state index in [9.17, 15) is 71.9 Å². The van der Waals surface area contributed by atoms with Gasteiger partial charge in [-0.15, -0.1) is 0 Å². The van der Waals surface area contributed by atoms with Gasteiger partial charge >= 0.3 is 0 Å². The van der Waals surface area contributed by atoms with E-state index in [0.717, 1.165) is 122 Å². The highest BCUT2D eigenvalue weighted by molar-refractivity contribution is 8.00. The van der Waals surface area contributed by atoms with Gasteiger partial charge in [-0.25, -0.2) is 0 Å². The molecule has 0 bridgehead atoms. The van der Waals surface area contributed by atoms with Crippen molar-refractivity contribution in [3.8, 4) is 0 Å². The molecule has 5 fully saturated rings. The Balaban J connectivity index is 0.000000436. The normalized spacial score (nSPS) is 19.7. The number of likely N-dealkylation sites (tertiary alicyclic amines) is 5. The lowest BCUT2D eigenvalue weighted by Crippen LogP contribution is -2.45. The SMILES string of the molecule is CC(C)NC(=O)CCCCCN1C(=O)C=CC1=O.CC(C)NC(=O)CCCCCN1C(=O)CC(N2CCC[C@H]2C=O)C1=O.CSC1CC(=O)N(CCCCCC(=O)NC(C)C)C1=O.CSC1CC(=O)N(CCCCCC(=O)NC(C)C)C1=O.CSC1CC(=O)N(CCCCCCNC(C)C)C1=O. The molecule has 578 valence electrons. The predicted octanol–water partition coefficient (Wildman–Crippen LogP) is 7.02. The number of hydrogen-bond donors (Lipinski definition) is 5. The molecule has 29 heteroatoms. The van der Waals surface area contributed by atoms with Crippen molar-refractivity contribution in [2.24, 2.45) is 0 Å². The van der Waals surface area contributed by atoms with Crippen LogP contribution in [0.1, 0.15) is 236 Å². The van der Waals surface area contributed by atoms with Crippen LogP contribution in [0.4, 0.5) is 0 Å². The van der Waals surface area contributed by atoms with E-state index in [1.165, 1.54) is 71.9 Å². The summed E-state index contributed by atoms with van der Waals surface area (Å²) in [4.78, 5) is 183. The van der Waals surface area contributed by atoms with Gasteiger partial charge < -0.3 is 31.4 Å². The summed E-state index contributed by atoms with van der Waals surface area (Å²) in [6.07, 6.45) is 27.7. The largest absolute Gasteiger partial charge is 0.354 e. The number of nitrogens with one attached hydrogen (secondary N) is 5. The molecule has 14 amide bonds. The zero-order valence-corrected chi connectivity index (χ0v) is 65.8. The number of carbonyl (C=O) groups excluding carboxylic acids is 15. The van der Waals surface area contributed by atoms with Gasteiger partial charge in [0, 0.05) is 120 Å². The van der Waals surface area contributed by atoms with Crippen LogP contribution in [-0.2, 0) is 71.9 Å². The third kappa shape index (κ3) is 35.6. The third-order valence-corrected chi connectivity index (χ3v) is 20.1. The fourth-order valence-electron chi connectivity index (χ4n) is 12.0. The molecule has 4 unspecified atom stereocenters. The van der Waals surface area contributed by atoms with Gasteiger partial charge in [-0.3, -0.25) is 96.5 Å². The first-order valence-corrected chi connectivity index (χ1v) is 40.9. The predicted molar refractivity (Wildman–Crippen MR) is 401 cm³/mol. The minimum absolute atomic E-state index is 0.00539. The van der Waals surface area contributed by atoms with Gasteiger partial charge in [-0.05, 0) is 164 Å². The van der Waals surface area contributed by atoms with Crippen molar-refractivity contribution in [2.45, 2.75) is 294 Å². The summed E-state index contributed by atoms with van der Waals surface area (Å²) < 4.78 is 0. The van der Waals surface area contributed by atoms with Crippen LogP contribution >= 0.6 is 35.3 Å². The van der Waals surface area contributed by atoms with E-state index in [1.54, 1.807) is 0 Å². The lowest BCUT2D eigenvalue weighted by atomic mass is 10.1. The maximum atomic E-state index is 12.5. The fourth-order valence-corrected chi connectivity index (χ4v) is 13.9. The lowest BCUT2D eigenvalue weighted by molar-refractivity contribution is -0.141. The first-order valence-electron chi connectivity index (χ1n) is 37.0. The molecule has 5 N–H and O–H groups in total. The van der Waals surface area contributed by atoms with Crippen LogP contribution in [0, 0.1) is 0 Å². The first kappa shape index (κ1) is 92.0. The molecule has 6 aliphatic heterocycles. The number of hydrogen-bond acceptors (Lipinski definition) is 20. The Labute approximate surface area is 619 Å². The van der Waals surface area contributed by atoms with Crippen LogP contribution in [0.25, 0.3) is 0 Å². The smallest absolute Gasteiger partial charge is 0.253 e. The molecule has 5 saturated heterocycles. The average Bonchev–Trinajstić information content (AvgIpc) is 1.63. The average molecular weight is 1490 g/mol. The van der Waals surface area contributed by atoms with Crippen molar-refractivity contribution in [3.05, 3.63) is 12.2 Å². The van der Waals surface area contributed by atoms with Gasteiger partial charge in [-0.1, -0.05) is 52.4 Å². The Morgan fingerprint density at radius 1 is 0.402 bits per heavy atom. The molecule has 0 aromatic carbocycles. The van der Waals surface area contributed by atoms with Gasteiger partial charge in [0.15, 0.2) is 0 Å². The molecule has 5 atom stereocenters. The molecule has 6 rings (SSSR count). The van der Waals surface area contributed by atoms with Crippen molar-refractivity contribution in [3.63, 3.8) is 0 Å². The second kappa shape index (κ2) is 51.2. The van der Waals surface area contributed by atoms with Crippen molar-refractivity contribution < 1.29 is 71.9 Å². The number of aldehydes is 1. The highest BCUT2D eigenvalue weighted by atomic mass is 32.2. The topological polar surface area (TPSA) is 336 Å². The van der Waals surface area contributed by atoms with Crippen molar-refractivity contribution >= 4 is 124 Å². The van der Waals surface area contributed by atoms with E-state index < -0.39 is 6.04 Å². The standard InChI is InChI=1S/C18H29N3O4.2C14H24N2O3S.C14H26N2O2S.C13H20N2O3/c1-13(2)19-16(23)8-4-3-5-9-21-17(24)11-15(18(21)25)20-10-6-7-14(20)12-22;2*1-10(2)15-12(17)7-5-4-6-8-16-13(18)9-11(20-3)14(16)19;1-11(2)15-8-6-4-5-7-9-16-13(17)10-12(19-3)14(16)18;1-10(2)14-11(16)6-4-3-5-9-15-12(17)7-8-13(15)18/h12-15H,3-11H2,1-2H3,(H,19,23);2*10-11H,4-9H2,1-3H3,(H,15,17);11-12,15H,4-10H2,1-3H3;7-8,10H,3-6,9H2,1-2H3,(H,14,16)/t14-,15?;;;;/m0..../s1. The van der Waals surface area contributed by atoms with Crippen LogP contribution in [0.15, 0.2) is 12.2 Å². The van der Waals surface area contributed by atoms with Crippen LogP contribution in [-0.4, -0.2) is 241 Å². The second-order valence-corrected chi connectivity index (χ2v) is 31.1. The molecule has 0 radical (unpaired) electrons. The second-order valence-electron chi connectivity index (χ2n) is 27.9. The highest BCUT2D eigenvalue weighted by Gasteiger charge is 2.45. The molecule has 26 nitrogen and oxygen atoms in total. The van der Waals surface area contributed by atoms with Crippen molar-refractivity contribution in [2.75, 3.05) is 64.6 Å². The van der Waals surface area contributed by atoms with Gasteiger partial charge in [0.2, 0.25) is 70.9 Å². The fraction of sp³-hybridized carbons (Fsp3) is 0.767. The van der Waals surface area contributed by atoms with E-state index in [4.69, 9.17) is 0 Å². The first-order chi connectivity index (χ1) is 48.4. The Kier molecular flexibility index (Phi) is 46.2. The zero-order chi connectivity index (χ0) is 76.4. The monoisotopic (exact) mass is 1490 g/mol. The molecule has 0 saturated carbocycles. The molecule has 0 aromatic heterocycles. The minimum Gasteiger partial charge on any atom is -0.354 e. The Morgan fingerprint density at radius 3 is 0.990 bits per heavy atom. The van der Waals surface area contributed by atoms with E-state index >= 15 is 0 Å². The molecule has 0 aromatic rings. The Hall–Kier alpha value is -6.04. The maximum absolute atomic E-state index is 12.5. The molecular weight excluding hydrogens is 1370 g/mol. The summed E-state index contributed by atoms with van der Waals surface area (Å²) in [6, 6.07) is 0.497. The number of rotatable bonds is 41. The van der Waals surface area contributed by atoms with E-state index in [1.807, 2.05) is 79.1 Å². The molecule has 0 spiro atoms. The summed E-state index contributed by atoms with van der Waals surface area (Å²) in [6.45, 7) is 23.9. The van der Waals surface area contributed by atoms with Crippen LogP contribution in [0.2, 0.25) is 0 Å². The Morgan fingerprint density at radius 2 is 0.696 bits per heavy atom. The third-order valence-electron chi connectivity index (χ3n) is 17.3. The van der Waals surface area contributed by atoms with E-state index in [-0.39, 0.29) is 135 Å². The number of nitrogens with zero attached hydrogens (tertiary/aromatic N) is 6. The van der Waals surface area contributed by atoms with E-state index in [0.29, 0.717) is 96.7 Å². The summed E-state index contributed by atoms with van der Waals surface area (Å²) in [5.74, 6) is -0.789. The van der Waals surface area contributed by atoms with Crippen LogP contribution < -0.4 is 26.6 Å². The Bertz CT molecular complexity index is 2680. The highest BCUT2D eigenvalue weighted by Crippen LogP contribution is 2.28. The van der Waals surface area contributed by atoms with Gasteiger partial charge in [0.25, 0.3) is 11.8 Å². The molecule has 6 aliphatic rings. The number of amides is 14. The summed E-state index contributed by atoms with van der Waals surface area (Å²) in [5, 5.41) is 14.2. The summed E-state index contributed by atoms with van der Waals surface area (Å²) in [7, 11) is 0. The molecule has 102 heavy (non-hydrogen) atoms. The van der Waals surface area contributed by atoms with E-state index in [2.05, 4.69) is 40.4 Å². The number of imide groups is 5. The van der Waals surface area contributed by atoms with Gasteiger partial charge in [0.1, 0.15) is 6.29 Å². The quantitative estimate of drug-likeness (QED) is 0.0233. The van der Waals surface area contributed by atoms with Gasteiger partial charge in [-0.2, -0.15) is 35.3 Å². The number of unbranched alkanes of at least 4 members (excludes halogenated alkanes) is 11. The maximum Gasteiger partial charge on any atom is 0.253 e. The van der Waals surface area contributed by atoms with Crippen LogP contribution in [0.3, 0.4) is 0 Å². The minimum atomic E-state index is -0.470. The lowest BCUT2D eigenvalue weighted by Gasteiger charge is -2.25. The van der Waals surface area contributed by atoms with Gasteiger partial charge in [0.05, 0.1) is 34.3 Å². The molecular formula is C73H123N11O15S3. The summed E-state index contributed by atoms with van der Waals surface area (Å²) >= 11 is 4.35. The summed E-state index contributed by atoms with van der Waals surface area (Å²) in [5.41, 5.74) is 0. The zero-order valence-electron chi connectivity index (χ0n) is 63.4. The molecule has 0 aliphatic carbocycles. The van der Waals surface area contributed by atoms with Crippen molar-refractivity contribution in [1.82, 2.24) is 56.0 Å².